The topological polar surface area (TPSA) is 71.1 Å². The molecule has 0 bridgehead atoms. The average molecular weight is 296 g/mol. The Labute approximate surface area is 118 Å². The predicted octanol–water partition coefficient (Wildman–Crippen LogP) is 1.10. The lowest BCUT2D eigenvalue weighted by atomic mass is 9.97. The van der Waals surface area contributed by atoms with Gasteiger partial charge in [-0.05, 0) is 5.56 Å². The number of hydrogen-bond acceptors (Lipinski definition) is 6. The van der Waals surface area contributed by atoms with E-state index >= 15 is 0 Å². The van der Waals surface area contributed by atoms with Gasteiger partial charge in [-0.3, -0.25) is 9.59 Å². The van der Waals surface area contributed by atoms with Crippen LogP contribution in [0.4, 0.5) is 0 Å². The molecule has 0 spiro atoms. The zero-order valence-electron chi connectivity index (χ0n) is 11.5. The molecule has 1 aliphatic heterocycles. The summed E-state index contributed by atoms with van der Waals surface area (Å²) in [7, 11) is 0.870. The van der Waals surface area contributed by atoms with E-state index in [9.17, 15) is 9.59 Å². The molecule has 108 valence electrons. The number of esters is 2. The second-order valence-electron chi connectivity index (χ2n) is 4.32. The summed E-state index contributed by atoms with van der Waals surface area (Å²) in [6.45, 7) is 0. The van der Waals surface area contributed by atoms with Gasteiger partial charge in [0.2, 0.25) is 0 Å². The molecule has 6 nitrogen and oxygen atoms in total. The lowest BCUT2D eigenvalue weighted by Crippen LogP contribution is -2.51. The van der Waals surface area contributed by atoms with Crippen LogP contribution in [-0.4, -0.2) is 42.1 Å². The number of cyclic esters (lactones) is 2. The Bertz CT molecular complexity index is 491. The van der Waals surface area contributed by atoms with Crippen LogP contribution in [-0.2, 0) is 27.6 Å². The molecule has 1 heterocycles. The first kappa shape index (κ1) is 14.9. The molecule has 0 aromatic heterocycles. The summed E-state index contributed by atoms with van der Waals surface area (Å²) in [5.41, 5.74) is -0.214. The summed E-state index contributed by atoms with van der Waals surface area (Å²) in [6.07, 6.45) is 0. The van der Waals surface area contributed by atoms with E-state index in [1.807, 2.05) is 6.07 Å². The van der Waals surface area contributed by atoms with Crippen molar-refractivity contribution < 1.29 is 27.6 Å². The molecule has 1 aromatic carbocycles. The summed E-state index contributed by atoms with van der Waals surface area (Å²) in [5.74, 6) is -2.04. The summed E-state index contributed by atoms with van der Waals surface area (Å²) < 4.78 is 20.8. The van der Waals surface area contributed by atoms with Crippen LogP contribution in [0.15, 0.2) is 30.3 Å². The Morgan fingerprint density at radius 3 is 2.00 bits per heavy atom. The van der Waals surface area contributed by atoms with E-state index in [0.717, 1.165) is 0 Å². The highest BCUT2D eigenvalue weighted by molar-refractivity contribution is 6.67. The normalized spacial score (nSPS) is 22.9. The van der Waals surface area contributed by atoms with Crippen molar-refractivity contribution in [2.45, 2.75) is 11.5 Å². The third-order valence-electron chi connectivity index (χ3n) is 3.44. The Balaban J connectivity index is 2.48. The van der Waals surface area contributed by atoms with Crippen LogP contribution >= 0.6 is 0 Å². The molecule has 7 heteroatoms. The van der Waals surface area contributed by atoms with Gasteiger partial charge >= 0.3 is 20.7 Å². The van der Waals surface area contributed by atoms with Crippen molar-refractivity contribution in [2.24, 2.45) is 0 Å². The summed E-state index contributed by atoms with van der Waals surface area (Å²) in [4.78, 5) is 24.0. The number of carbonyl (C=O) groups is 2. The first-order chi connectivity index (χ1) is 9.59. The third-order valence-corrected chi connectivity index (χ3v) is 6.47. The third kappa shape index (κ3) is 2.29. The lowest BCUT2D eigenvalue weighted by Gasteiger charge is -2.29. The zero-order chi connectivity index (χ0) is 14.8. The molecule has 0 aliphatic carbocycles. The first-order valence-corrected chi connectivity index (χ1v) is 7.85. The Morgan fingerprint density at radius 1 is 0.950 bits per heavy atom. The van der Waals surface area contributed by atoms with E-state index in [-0.39, 0.29) is 0 Å². The number of benzene rings is 1. The number of ether oxygens (including phenoxy) is 1. The molecule has 0 amide bonds. The fourth-order valence-corrected chi connectivity index (χ4v) is 4.81. The number of carbonyl (C=O) groups excluding carboxylic acids is 2. The maximum Gasteiger partial charge on any atom is 0.516 e. The first-order valence-electron chi connectivity index (χ1n) is 6.05. The van der Waals surface area contributed by atoms with E-state index in [1.54, 1.807) is 24.3 Å². The molecule has 2 rings (SSSR count). The van der Waals surface area contributed by atoms with E-state index in [1.165, 1.54) is 21.3 Å². The molecule has 1 fully saturated rings. The van der Waals surface area contributed by atoms with E-state index in [4.69, 9.17) is 18.0 Å². The van der Waals surface area contributed by atoms with Gasteiger partial charge in [0.05, 0.1) is 0 Å². The largest absolute Gasteiger partial charge is 0.516 e. The highest BCUT2D eigenvalue weighted by Crippen LogP contribution is 2.44. The minimum atomic E-state index is -3.33. The van der Waals surface area contributed by atoms with Crippen molar-refractivity contribution in [3.05, 3.63) is 35.9 Å². The van der Waals surface area contributed by atoms with Crippen molar-refractivity contribution in [3.63, 3.8) is 0 Å². The van der Waals surface area contributed by atoms with Crippen LogP contribution in [0.25, 0.3) is 0 Å². The zero-order valence-corrected chi connectivity index (χ0v) is 12.5. The Hall–Kier alpha value is -1.54. The maximum absolute atomic E-state index is 12.0. The fraction of sp³-hybridized carbons (Fsp3) is 0.385. The molecule has 2 unspecified atom stereocenters. The minimum absolute atomic E-state index is 0.603. The van der Waals surface area contributed by atoms with Crippen LogP contribution in [0, 0.1) is 0 Å². The predicted molar refractivity (Wildman–Crippen MR) is 70.8 cm³/mol. The SMILES string of the molecule is CO[Si](OC)(OC)C1C(=O)OC(=O)C1c1ccccc1. The van der Waals surface area contributed by atoms with Crippen molar-refractivity contribution >= 4 is 20.7 Å². The average Bonchev–Trinajstić information content (AvgIpc) is 2.78. The molecule has 1 aromatic rings. The fourth-order valence-electron chi connectivity index (χ4n) is 2.47. The monoisotopic (exact) mass is 296 g/mol. The van der Waals surface area contributed by atoms with Crippen molar-refractivity contribution in [2.75, 3.05) is 21.3 Å². The second kappa shape index (κ2) is 5.84. The van der Waals surface area contributed by atoms with Gasteiger partial charge in [-0.2, -0.15) is 0 Å². The summed E-state index contributed by atoms with van der Waals surface area (Å²) in [6, 6.07) is 8.93. The molecule has 20 heavy (non-hydrogen) atoms. The Morgan fingerprint density at radius 2 is 1.50 bits per heavy atom. The van der Waals surface area contributed by atoms with Gasteiger partial charge in [0.25, 0.3) is 0 Å². The highest BCUT2D eigenvalue weighted by atomic mass is 28.4. The quantitative estimate of drug-likeness (QED) is 0.460. The number of hydrogen-bond donors (Lipinski definition) is 0. The molecule has 1 saturated heterocycles. The molecule has 0 N–H and O–H groups in total. The summed E-state index contributed by atoms with van der Waals surface area (Å²) >= 11 is 0. The maximum atomic E-state index is 12.0. The Kier molecular flexibility index (Phi) is 4.34. The summed E-state index contributed by atoms with van der Waals surface area (Å²) in [5, 5.41) is 0. The van der Waals surface area contributed by atoms with E-state index < -0.39 is 32.2 Å². The van der Waals surface area contributed by atoms with Crippen molar-refractivity contribution in [1.29, 1.82) is 0 Å². The van der Waals surface area contributed by atoms with Gasteiger partial charge in [0.1, 0.15) is 11.5 Å². The molecule has 1 aliphatic rings. The van der Waals surface area contributed by atoms with Gasteiger partial charge < -0.3 is 18.0 Å². The highest BCUT2D eigenvalue weighted by Gasteiger charge is 2.63. The van der Waals surface area contributed by atoms with Gasteiger partial charge in [0.15, 0.2) is 0 Å². The van der Waals surface area contributed by atoms with Gasteiger partial charge in [-0.15, -0.1) is 0 Å². The lowest BCUT2D eigenvalue weighted by molar-refractivity contribution is -0.152. The molecule has 0 radical (unpaired) electrons. The molecule has 0 saturated carbocycles. The van der Waals surface area contributed by atoms with Crippen LogP contribution < -0.4 is 0 Å². The van der Waals surface area contributed by atoms with Crippen LogP contribution in [0.3, 0.4) is 0 Å². The smallest absolute Gasteiger partial charge is 0.392 e. The van der Waals surface area contributed by atoms with Crippen LogP contribution in [0.2, 0.25) is 5.54 Å². The van der Waals surface area contributed by atoms with E-state index in [2.05, 4.69) is 0 Å². The van der Waals surface area contributed by atoms with E-state index in [0.29, 0.717) is 5.56 Å². The van der Waals surface area contributed by atoms with Crippen LogP contribution in [0.1, 0.15) is 11.5 Å². The van der Waals surface area contributed by atoms with Gasteiger partial charge in [-0.25, -0.2) is 0 Å². The second-order valence-corrected chi connectivity index (χ2v) is 7.38. The molecular weight excluding hydrogens is 280 g/mol. The minimum Gasteiger partial charge on any atom is -0.392 e. The standard InChI is InChI=1S/C13H16O6Si/c1-16-20(17-2,18-3)11-10(12(14)19-13(11)15)9-7-5-4-6-8-9/h4-8,10-11H,1-3H3. The van der Waals surface area contributed by atoms with Gasteiger partial charge in [-0.1, -0.05) is 30.3 Å². The van der Waals surface area contributed by atoms with Gasteiger partial charge in [0, 0.05) is 21.3 Å². The van der Waals surface area contributed by atoms with Crippen molar-refractivity contribution in [3.8, 4) is 0 Å². The van der Waals surface area contributed by atoms with Crippen LogP contribution in [0.5, 0.6) is 0 Å². The molecular formula is C13H16O6Si. The molecule has 2 atom stereocenters. The van der Waals surface area contributed by atoms with Crippen molar-refractivity contribution in [1.82, 2.24) is 0 Å². The number of rotatable bonds is 5.